The molecule has 0 bridgehead atoms. The quantitative estimate of drug-likeness (QED) is 0.862. The van der Waals surface area contributed by atoms with Crippen LogP contribution in [0.5, 0.6) is 0 Å². The maximum Gasteiger partial charge on any atom is 0.337 e. The lowest BCUT2D eigenvalue weighted by molar-refractivity contribution is 0.0696. The lowest BCUT2D eigenvalue weighted by Gasteiger charge is -1.98. The van der Waals surface area contributed by atoms with Crippen LogP contribution in [0.3, 0.4) is 0 Å². The van der Waals surface area contributed by atoms with Crippen LogP contribution < -0.4 is 0 Å². The Balaban J connectivity index is 2.10. The molecule has 0 radical (unpaired) electrons. The van der Waals surface area contributed by atoms with Gasteiger partial charge in [-0.3, -0.25) is 4.98 Å². The van der Waals surface area contributed by atoms with Crippen molar-refractivity contribution >= 4 is 29.9 Å². The molecule has 0 unspecified atom stereocenters. The van der Waals surface area contributed by atoms with E-state index in [1.807, 2.05) is 30.5 Å². The third-order valence-electron chi connectivity index (χ3n) is 2.60. The molecule has 0 aliphatic rings. The Morgan fingerprint density at radius 3 is 2.42 bits per heavy atom. The molecule has 4 heteroatoms. The number of pyridine rings is 1. The summed E-state index contributed by atoms with van der Waals surface area (Å²) in [5, 5.41) is 8.77. The summed E-state index contributed by atoms with van der Waals surface area (Å²) < 4.78 is 0. The first kappa shape index (κ1) is 13.4. The van der Waals surface area contributed by atoms with E-state index in [2.05, 4.69) is 17.1 Å². The second kappa shape index (κ2) is 6.20. The van der Waals surface area contributed by atoms with Crippen molar-refractivity contribution in [3.63, 3.8) is 0 Å². The summed E-state index contributed by atoms with van der Waals surface area (Å²) in [5.74, 6) is -0.962. The van der Waals surface area contributed by atoms with Gasteiger partial charge in [-0.2, -0.15) is 0 Å². The molecule has 1 heterocycles. The van der Waals surface area contributed by atoms with E-state index in [9.17, 15) is 4.79 Å². The summed E-state index contributed by atoms with van der Waals surface area (Å²) in [5.41, 5.74) is 2.02. The van der Waals surface area contributed by atoms with Crippen LogP contribution in [0.15, 0.2) is 47.5 Å². The van der Waals surface area contributed by atoms with Gasteiger partial charge in [0.25, 0.3) is 0 Å². The van der Waals surface area contributed by atoms with Gasteiger partial charge >= 0.3 is 5.97 Å². The Labute approximate surface area is 116 Å². The van der Waals surface area contributed by atoms with Gasteiger partial charge in [0.05, 0.1) is 11.3 Å². The SMILES string of the molecule is CSc1ccc(/C=C/c2ccc(C(=O)O)cn2)cc1. The van der Waals surface area contributed by atoms with Gasteiger partial charge in [0.1, 0.15) is 0 Å². The summed E-state index contributed by atoms with van der Waals surface area (Å²) in [4.78, 5) is 16.0. The lowest BCUT2D eigenvalue weighted by atomic mass is 10.2. The van der Waals surface area contributed by atoms with Crippen LogP contribution in [0.25, 0.3) is 12.2 Å². The van der Waals surface area contributed by atoms with Crippen molar-refractivity contribution in [1.82, 2.24) is 4.98 Å². The van der Waals surface area contributed by atoms with Crippen LogP contribution >= 0.6 is 11.8 Å². The third-order valence-corrected chi connectivity index (χ3v) is 3.34. The standard InChI is InChI=1S/C15H13NO2S/c1-19-14-8-3-11(4-9-14)2-6-13-7-5-12(10-16-13)15(17)18/h2-10H,1H3,(H,17,18)/b6-2+. The number of hydrogen-bond acceptors (Lipinski definition) is 3. The molecule has 0 amide bonds. The average molecular weight is 271 g/mol. The Morgan fingerprint density at radius 1 is 1.16 bits per heavy atom. The fourth-order valence-electron chi connectivity index (χ4n) is 1.53. The number of thioether (sulfide) groups is 1. The van der Waals surface area contributed by atoms with E-state index in [-0.39, 0.29) is 5.56 Å². The number of carbonyl (C=O) groups is 1. The summed E-state index contributed by atoms with van der Waals surface area (Å²) in [6.45, 7) is 0. The summed E-state index contributed by atoms with van der Waals surface area (Å²) in [6.07, 6.45) is 7.21. The van der Waals surface area contributed by atoms with Crippen molar-refractivity contribution in [2.45, 2.75) is 4.90 Å². The molecular formula is C15H13NO2S. The van der Waals surface area contributed by atoms with Gasteiger partial charge < -0.3 is 5.11 Å². The maximum atomic E-state index is 10.7. The highest BCUT2D eigenvalue weighted by molar-refractivity contribution is 7.98. The molecule has 0 spiro atoms. The second-order valence-electron chi connectivity index (χ2n) is 3.88. The Hall–Kier alpha value is -2.07. The van der Waals surface area contributed by atoms with Gasteiger partial charge in [-0.25, -0.2) is 4.79 Å². The highest BCUT2D eigenvalue weighted by Gasteiger charge is 2.01. The molecule has 2 aromatic rings. The normalized spacial score (nSPS) is 10.8. The van der Waals surface area contributed by atoms with Crippen molar-refractivity contribution in [2.24, 2.45) is 0 Å². The number of carboxylic acid groups (broad SMARTS) is 1. The number of carboxylic acids is 1. The monoisotopic (exact) mass is 271 g/mol. The first-order valence-corrected chi connectivity index (χ1v) is 6.93. The lowest BCUT2D eigenvalue weighted by Crippen LogP contribution is -1.96. The Morgan fingerprint density at radius 2 is 1.89 bits per heavy atom. The molecule has 96 valence electrons. The number of benzene rings is 1. The number of aromatic carboxylic acids is 1. The van der Waals surface area contributed by atoms with Crippen molar-refractivity contribution in [1.29, 1.82) is 0 Å². The minimum atomic E-state index is -0.962. The minimum absolute atomic E-state index is 0.196. The average Bonchev–Trinajstić information content (AvgIpc) is 2.46. The summed E-state index contributed by atoms with van der Waals surface area (Å²) in [6, 6.07) is 11.4. The van der Waals surface area contributed by atoms with Gasteiger partial charge in [-0.15, -0.1) is 11.8 Å². The number of rotatable bonds is 4. The van der Waals surface area contributed by atoms with Gasteiger partial charge in [0.15, 0.2) is 0 Å². The molecule has 0 fully saturated rings. The summed E-state index contributed by atoms with van der Waals surface area (Å²) in [7, 11) is 0. The molecule has 0 atom stereocenters. The molecule has 0 aliphatic carbocycles. The largest absolute Gasteiger partial charge is 0.478 e. The fourth-order valence-corrected chi connectivity index (χ4v) is 1.94. The van der Waals surface area contributed by atoms with Gasteiger partial charge in [0.2, 0.25) is 0 Å². The predicted octanol–water partition coefficient (Wildman–Crippen LogP) is 3.67. The maximum absolute atomic E-state index is 10.7. The van der Waals surface area contributed by atoms with E-state index in [0.29, 0.717) is 0 Å². The zero-order chi connectivity index (χ0) is 13.7. The summed E-state index contributed by atoms with van der Waals surface area (Å²) >= 11 is 1.70. The second-order valence-corrected chi connectivity index (χ2v) is 4.76. The molecule has 0 saturated carbocycles. The first-order valence-electron chi connectivity index (χ1n) is 5.70. The molecule has 1 aromatic carbocycles. The number of nitrogens with zero attached hydrogens (tertiary/aromatic N) is 1. The van der Waals surface area contributed by atoms with E-state index >= 15 is 0 Å². The van der Waals surface area contributed by atoms with Crippen LogP contribution in [0.1, 0.15) is 21.6 Å². The third kappa shape index (κ3) is 3.69. The minimum Gasteiger partial charge on any atom is -0.478 e. The van der Waals surface area contributed by atoms with E-state index < -0.39 is 5.97 Å². The van der Waals surface area contributed by atoms with Crippen molar-refractivity contribution in [3.8, 4) is 0 Å². The van der Waals surface area contributed by atoms with Crippen LogP contribution in [-0.4, -0.2) is 22.3 Å². The van der Waals surface area contributed by atoms with E-state index in [4.69, 9.17) is 5.11 Å². The highest BCUT2D eigenvalue weighted by Crippen LogP contribution is 2.16. The van der Waals surface area contributed by atoms with Crippen LogP contribution in [0, 0.1) is 0 Å². The molecule has 1 N–H and O–H groups in total. The van der Waals surface area contributed by atoms with Crippen LogP contribution in [0.4, 0.5) is 0 Å². The molecule has 0 aliphatic heterocycles. The fraction of sp³-hybridized carbons (Fsp3) is 0.0667. The first-order chi connectivity index (χ1) is 9.19. The molecule has 1 aromatic heterocycles. The highest BCUT2D eigenvalue weighted by atomic mass is 32.2. The van der Waals surface area contributed by atoms with Gasteiger partial charge in [-0.1, -0.05) is 18.2 Å². The van der Waals surface area contributed by atoms with Gasteiger partial charge in [-0.05, 0) is 42.2 Å². The van der Waals surface area contributed by atoms with Crippen molar-refractivity contribution < 1.29 is 9.90 Å². The Kier molecular flexibility index (Phi) is 4.36. The van der Waals surface area contributed by atoms with Crippen molar-refractivity contribution in [3.05, 3.63) is 59.4 Å². The zero-order valence-corrected chi connectivity index (χ0v) is 11.2. The van der Waals surface area contributed by atoms with E-state index in [1.54, 1.807) is 23.9 Å². The molecule has 2 rings (SSSR count). The van der Waals surface area contributed by atoms with E-state index in [0.717, 1.165) is 11.3 Å². The van der Waals surface area contributed by atoms with Crippen molar-refractivity contribution in [2.75, 3.05) is 6.26 Å². The predicted molar refractivity (Wildman–Crippen MR) is 78.3 cm³/mol. The topological polar surface area (TPSA) is 50.2 Å². The van der Waals surface area contributed by atoms with Crippen LogP contribution in [0.2, 0.25) is 0 Å². The molecule has 19 heavy (non-hydrogen) atoms. The number of aromatic nitrogens is 1. The number of hydrogen-bond donors (Lipinski definition) is 1. The molecular weight excluding hydrogens is 258 g/mol. The van der Waals surface area contributed by atoms with E-state index in [1.165, 1.54) is 11.1 Å². The zero-order valence-electron chi connectivity index (χ0n) is 10.4. The smallest absolute Gasteiger partial charge is 0.337 e. The van der Waals surface area contributed by atoms with Gasteiger partial charge in [0, 0.05) is 11.1 Å². The Bertz CT molecular complexity index is 589. The molecule has 3 nitrogen and oxygen atoms in total. The molecule has 0 saturated heterocycles. The van der Waals surface area contributed by atoms with Crippen LogP contribution in [-0.2, 0) is 0 Å².